The molecule has 0 unspecified atom stereocenters. The van der Waals surface area contributed by atoms with Gasteiger partial charge in [0.15, 0.2) is 0 Å². The average molecular weight is 388 g/mol. The smallest absolute Gasteiger partial charge is 0.355 e. The largest absolute Gasteiger partial charge is 0.466 e. The van der Waals surface area contributed by atoms with Crippen molar-refractivity contribution in [3.8, 4) is 11.1 Å². The van der Waals surface area contributed by atoms with Crippen molar-refractivity contribution in [2.24, 2.45) is 0 Å². The van der Waals surface area contributed by atoms with Crippen LogP contribution >= 0.6 is 11.6 Å². The number of nitrogens with zero attached hydrogens (tertiary/aromatic N) is 1. The van der Waals surface area contributed by atoms with Crippen LogP contribution in [0.4, 0.5) is 5.69 Å². The molecule has 1 heterocycles. The number of carbonyl (C=O) groups excluding carboxylic acids is 2. The lowest BCUT2D eigenvalue weighted by molar-refractivity contribution is -0.140. The summed E-state index contributed by atoms with van der Waals surface area (Å²) in [6.45, 7) is 0.0510. The lowest BCUT2D eigenvalue weighted by Gasteiger charge is -2.32. The molecule has 3 rings (SSSR count). The Kier molecular flexibility index (Phi) is 5.78. The quantitative estimate of drug-likeness (QED) is 0.749. The zero-order valence-corrected chi connectivity index (χ0v) is 15.7. The Morgan fingerprint density at radius 2 is 1.78 bits per heavy atom. The summed E-state index contributed by atoms with van der Waals surface area (Å²) < 4.78 is 15.3. The molecule has 0 atom stereocenters. The summed E-state index contributed by atoms with van der Waals surface area (Å²) in [7, 11) is 2.52. The second kappa shape index (κ2) is 8.24. The summed E-state index contributed by atoms with van der Waals surface area (Å²) in [5.41, 5.74) is 2.59. The molecule has 7 heteroatoms. The summed E-state index contributed by atoms with van der Waals surface area (Å²) in [6.07, 6.45) is 0. The second-order valence-electron chi connectivity index (χ2n) is 5.74. The lowest BCUT2D eigenvalue weighted by atomic mass is 10.0. The van der Waals surface area contributed by atoms with E-state index >= 15 is 0 Å². The van der Waals surface area contributed by atoms with Crippen LogP contribution in [0.5, 0.6) is 0 Å². The number of rotatable bonds is 4. The van der Waals surface area contributed by atoms with Crippen LogP contribution in [0.25, 0.3) is 11.1 Å². The van der Waals surface area contributed by atoms with Gasteiger partial charge in [0, 0.05) is 10.6 Å². The first kappa shape index (κ1) is 18.9. The maximum Gasteiger partial charge on any atom is 0.355 e. The van der Waals surface area contributed by atoms with E-state index in [9.17, 15) is 9.59 Å². The summed E-state index contributed by atoms with van der Waals surface area (Å²) in [5.74, 6) is -1.28. The van der Waals surface area contributed by atoms with Crippen molar-refractivity contribution < 1.29 is 23.8 Å². The molecule has 0 saturated heterocycles. The fourth-order valence-electron chi connectivity index (χ4n) is 2.94. The molecule has 1 aliphatic rings. The molecule has 0 aromatic heterocycles. The van der Waals surface area contributed by atoms with Crippen LogP contribution in [0.1, 0.15) is 0 Å². The van der Waals surface area contributed by atoms with Crippen molar-refractivity contribution >= 4 is 29.2 Å². The Morgan fingerprint density at radius 3 is 2.48 bits per heavy atom. The maximum atomic E-state index is 12.5. The third-order valence-corrected chi connectivity index (χ3v) is 4.40. The topological polar surface area (TPSA) is 65.1 Å². The van der Waals surface area contributed by atoms with Gasteiger partial charge in [0.25, 0.3) is 0 Å². The molecule has 1 aliphatic heterocycles. The van der Waals surface area contributed by atoms with E-state index in [-0.39, 0.29) is 24.6 Å². The number of carbonyl (C=O) groups is 2. The fraction of sp³-hybridized carbons (Fsp3) is 0.200. The first-order valence-corrected chi connectivity index (χ1v) is 8.54. The minimum Gasteiger partial charge on any atom is -0.466 e. The Hall–Kier alpha value is -2.83. The number of benzene rings is 2. The normalized spacial score (nSPS) is 14.1. The monoisotopic (exact) mass is 387 g/mol. The highest BCUT2D eigenvalue weighted by molar-refractivity contribution is 6.30. The summed E-state index contributed by atoms with van der Waals surface area (Å²) >= 11 is 6.14. The zero-order chi connectivity index (χ0) is 19.4. The van der Waals surface area contributed by atoms with Crippen molar-refractivity contribution in [3.63, 3.8) is 0 Å². The van der Waals surface area contributed by atoms with E-state index in [0.717, 1.165) is 11.1 Å². The Balaban J connectivity index is 2.18. The molecular formula is C20H18ClNO5. The van der Waals surface area contributed by atoms with Gasteiger partial charge in [-0.3, -0.25) is 0 Å². The van der Waals surface area contributed by atoms with Crippen LogP contribution in [0.2, 0.25) is 5.02 Å². The molecular weight excluding hydrogens is 370 g/mol. The molecule has 0 N–H and O–H groups in total. The van der Waals surface area contributed by atoms with Gasteiger partial charge in [0.2, 0.25) is 0 Å². The Labute approximate surface area is 161 Å². The number of hydrogen-bond donors (Lipinski definition) is 0. The summed E-state index contributed by atoms with van der Waals surface area (Å²) in [5, 5.41) is 0.594. The number of anilines is 1. The standard InChI is InChI=1S/C20H18ClNO5/c1-25-19(23)16-11-27-12-22(18(16)20(24)26-2)17-9-4-3-8-15(17)13-6-5-7-14(21)10-13/h3-10H,11-12H2,1-2H3. The molecule has 0 amide bonds. The average Bonchev–Trinajstić information content (AvgIpc) is 2.72. The number of ether oxygens (including phenoxy) is 3. The van der Waals surface area contributed by atoms with E-state index in [4.69, 9.17) is 25.8 Å². The lowest BCUT2D eigenvalue weighted by Crippen LogP contribution is -2.39. The van der Waals surface area contributed by atoms with E-state index in [1.807, 2.05) is 42.5 Å². The van der Waals surface area contributed by atoms with E-state index in [0.29, 0.717) is 10.7 Å². The molecule has 0 fully saturated rings. The van der Waals surface area contributed by atoms with Crippen LogP contribution in [-0.2, 0) is 23.8 Å². The van der Waals surface area contributed by atoms with Gasteiger partial charge in [-0.05, 0) is 23.8 Å². The van der Waals surface area contributed by atoms with Gasteiger partial charge in [0.05, 0.1) is 32.1 Å². The van der Waals surface area contributed by atoms with E-state index in [1.54, 1.807) is 11.0 Å². The molecule has 2 aromatic carbocycles. The summed E-state index contributed by atoms with van der Waals surface area (Å²) in [6, 6.07) is 14.8. The molecule has 0 radical (unpaired) electrons. The van der Waals surface area contributed by atoms with Crippen LogP contribution in [0.15, 0.2) is 59.8 Å². The Bertz CT molecular complexity index is 909. The molecule has 0 saturated carbocycles. The molecule has 0 aliphatic carbocycles. The Morgan fingerprint density at radius 1 is 1.04 bits per heavy atom. The molecule has 0 bridgehead atoms. The van der Waals surface area contributed by atoms with E-state index < -0.39 is 11.9 Å². The third-order valence-electron chi connectivity index (χ3n) is 4.16. The van der Waals surface area contributed by atoms with Crippen molar-refractivity contribution in [2.75, 3.05) is 32.5 Å². The highest BCUT2D eigenvalue weighted by atomic mass is 35.5. The van der Waals surface area contributed by atoms with Crippen molar-refractivity contribution in [3.05, 3.63) is 64.8 Å². The van der Waals surface area contributed by atoms with Gasteiger partial charge >= 0.3 is 11.9 Å². The van der Waals surface area contributed by atoms with Crippen molar-refractivity contribution in [1.82, 2.24) is 0 Å². The van der Waals surface area contributed by atoms with Gasteiger partial charge < -0.3 is 19.1 Å². The van der Waals surface area contributed by atoms with Crippen LogP contribution in [0.3, 0.4) is 0 Å². The first-order valence-electron chi connectivity index (χ1n) is 8.17. The maximum absolute atomic E-state index is 12.5. The van der Waals surface area contributed by atoms with E-state index in [1.165, 1.54) is 14.2 Å². The predicted octanol–water partition coefficient (Wildman–Crippen LogP) is 3.40. The van der Waals surface area contributed by atoms with Gasteiger partial charge in [0.1, 0.15) is 12.4 Å². The minimum absolute atomic E-state index is 0.0348. The van der Waals surface area contributed by atoms with Crippen molar-refractivity contribution in [2.45, 2.75) is 0 Å². The second-order valence-corrected chi connectivity index (χ2v) is 6.18. The van der Waals surface area contributed by atoms with Gasteiger partial charge in [-0.15, -0.1) is 0 Å². The summed E-state index contributed by atoms with van der Waals surface area (Å²) in [4.78, 5) is 26.2. The van der Waals surface area contributed by atoms with Crippen molar-refractivity contribution in [1.29, 1.82) is 0 Å². The number of para-hydroxylation sites is 1. The highest BCUT2D eigenvalue weighted by Crippen LogP contribution is 2.36. The molecule has 27 heavy (non-hydrogen) atoms. The zero-order valence-electron chi connectivity index (χ0n) is 14.9. The van der Waals surface area contributed by atoms with Gasteiger partial charge in [-0.2, -0.15) is 0 Å². The first-order chi connectivity index (χ1) is 13.1. The SMILES string of the molecule is COC(=O)C1=C(C(=O)OC)N(c2ccccc2-c2cccc(Cl)c2)COC1. The minimum atomic E-state index is -0.639. The van der Waals surface area contributed by atoms with Crippen LogP contribution in [0, 0.1) is 0 Å². The fourth-order valence-corrected chi connectivity index (χ4v) is 3.13. The van der Waals surface area contributed by atoms with Gasteiger partial charge in [-0.25, -0.2) is 9.59 Å². The van der Waals surface area contributed by atoms with Gasteiger partial charge in [-0.1, -0.05) is 41.9 Å². The highest BCUT2D eigenvalue weighted by Gasteiger charge is 2.33. The molecule has 140 valence electrons. The predicted molar refractivity (Wildman–Crippen MR) is 101 cm³/mol. The number of esters is 2. The third kappa shape index (κ3) is 3.82. The van der Waals surface area contributed by atoms with Crippen LogP contribution < -0.4 is 4.90 Å². The number of methoxy groups -OCH3 is 2. The van der Waals surface area contributed by atoms with Crippen LogP contribution in [-0.4, -0.2) is 39.5 Å². The van der Waals surface area contributed by atoms with E-state index in [2.05, 4.69) is 0 Å². The molecule has 0 spiro atoms. The number of hydrogen-bond acceptors (Lipinski definition) is 6. The number of halogens is 1. The molecule has 2 aromatic rings. The molecule has 6 nitrogen and oxygen atoms in total.